The average Bonchev–Trinajstić information content (AvgIpc) is 3.36. The first-order chi connectivity index (χ1) is 13.2. The Morgan fingerprint density at radius 3 is 3.00 bits per heavy atom. The van der Waals surface area contributed by atoms with Crippen LogP contribution in [-0.4, -0.2) is 29.1 Å². The molecule has 1 unspecified atom stereocenters. The fourth-order valence-electron chi connectivity index (χ4n) is 3.05. The normalized spacial score (nSPS) is 15.0. The van der Waals surface area contributed by atoms with Crippen molar-refractivity contribution in [1.29, 1.82) is 0 Å². The number of hydrogen-bond acceptors (Lipinski definition) is 5. The van der Waals surface area contributed by atoms with E-state index in [4.69, 9.17) is 4.42 Å². The Morgan fingerprint density at radius 2 is 2.22 bits per heavy atom. The molecule has 1 aliphatic heterocycles. The number of rotatable bonds is 6. The third-order valence-electron chi connectivity index (χ3n) is 4.56. The number of carbonyl (C=O) groups is 1. The molecule has 2 N–H and O–H groups in total. The molecule has 4 rings (SSSR count). The number of urea groups is 1. The molecule has 1 aromatic carbocycles. The first-order valence-corrected chi connectivity index (χ1v) is 8.95. The molecule has 7 nitrogen and oxygen atoms in total. The minimum Gasteiger partial charge on any atom is -0.443 e. The van der Waals surface area contributed by atoms with Crippen molar-refractivity contribution in [2.24, 2.45) is 0 Å². The van der Waals surface area contributed by atoms with Crippen molar-refractivity contribution in [3.8, 4) is 11.6 Å². The number of nitrogens with zero attached hydrogens (tertiary/aromatic N) is 3. The van der Waals surface area contributed by atoms with Crippen LogP contribution in [0.2, 0.25) is 0 Å². The van der Waals surface area contributed by atoms with Crippen molar-refractivity contribution in [1.82, 2.24) is 20.6 Å². The molecule has 2 amide bonds. The van der Waals surface area contributed by atoms with E-state index >= 15 is 0 Å². The molecular formula is C20H21N5O2. The zero-order valence-corrected chi connectivity index (χ0v) is 15.1. The molecule has 1 saturated heterocycles. The van der Waals surface area contributed by atoms with Gasteiger partial charge >= 0.3 is 6.03 Å². The second-order valence-corrected chi connectivity index (χ2v) is 6.44. The Hall–Kier alpha value is -3.19. The van der Waals surface area contributed by atoms with E-state index < -0.39 is 0 Å². The van der Waals surface area contributed by atoms with Gasteiger partial charge in [-0.05, 0) is 36.8 Å². The van der Waals surface area contributed by atoms with Crippen LogP contribution in [0.15, 0.2) is 59.3 Å². The lowest BCUT2D eigenvalue weighted by molar-refractivity contribution is 0.252. The lowest BCUT2D eigenvalue weighted by atomic mass is 10.1. The first-order valence-electron chi connectivity index (χ1n) is 8.95. The smallest absolute Gasteiger partial charge is 0.321 e. The second-order valence-electron chi connectivity index (χ2n) is 6.44. The van der Waals surface area contributed by atoms with Crippen LogP contribution in [0.4, 0.5) is 10.5 Å². The minimum absolute atomic E-state index is 0.0441. The van der Waals surface area contributed by atoms with Crippen molar-refractivity contribution in [2.45, 2.75) is 19.5 Å². The molecule has 0 saturated carbocycles. The van der Waals surface area contributed by atoms with Crippen LogP contribution in [0, 0.1) is 0 Å². The fourth-order valence-corrected chi connectivity index (χ4v) is 3.05. The highest BCUT2D eigenvalue weighted by molar-refractivity contribution is 5.94. The van der Waals surface area contributed by atoms with Crippen molar-refractivity contribution >= 4 is 11.7 Å². The number of oxazole rings is 1. The van der Waals surface area contributed by atoms with E-state index in [0.29, 0.717) is 31.2 Å². The third kappa shape index (κ3) is 3.83. The predicted octanol–water partition coefficient (Wildman–Crippen LogP) is 3.12. The van der Waals surface area contributed by atoms with E-state index in [-0.39, 0.29) is 12.1 Å². The number of aromatic nitrogens is 2. The van der Waals surface area contributed by atoms with Gasteiger partial charge in [-0.1, -0.05) is 18.2 Å². The van der Waals surface area contributed by atoms with Gasteiger partial charge in [-0.2, -0.15) is 0 Å². The van der Waals surface area contributed by atoms with Gasteiger partial charge in [0, 0.05) is 37.6 Å². The maximum Gasteiger partial charge on any atom is 0.321 e. The number of benzene rings is 1. The van der Waals surface area contributed by atoms with Gasteiger partial charge in [0.05, 0.1) is 5.69 Å². The van der Waals surface area contributed by atoms with Crippen LogP contribution in [0.25, 0.3) is 11.6 Å². The lowest BCUT2D eigenvalue weighted by Crippen LogP contribution is -2.28. The van der Waals surface area contributed by atoms with Crippen LogP contribution in [-0.2, 0) is 6.54 Å². The van der Waals surface area contributed by atoms with E-state index in [0.717, 1.165) is 16.9 Å². The maximum absolute atomic E-state index is 11.9. The van der Waals surface area contributed by atoms with Gasteiger partial charge in [-0.15, -0.1) is 0 Å². The average molecular weight is 363 g/mol. The topological polar surface area (TPSA) is 83.3 Å². The van der Waals surface area contributed by atoms with Crippen LogP contribution in [0.1, 0.15) is 24.2 Å². The molecule has 27 heavy (non-hydrogen) atoms. The molecule has 3 heterocycles. The molecule has 1 fully saturated rings. The van der Waals surface area contributed by atoms with Crippen LogP contribution < -0.4 is 15.5 Å². The summed E-state index contributed by atoms with van der Waals surface area (Å²) >= 11 is 0. The van der Waals surface area contributed by atoms with Crippen molar-refractivity contribution in [3.05, 3.63) is 66.2 Å². The highest BCUT2D eigenvalue weighted by Crippen LogP contribution is 2.22. The molecule has 0 aliphatic carbocycles. The molecular weight excluding hydrogens is 342 g/mol. The first kappa shape index (κ1) is 17.2. The number of amides is 2. The zero-order chi connectivity index (χ0) is 18.6. The Kier molecular flexibility index (Phi) is 4.84. The van der Waals surface area contributed by atoms with Crippen molar-refractivity contribution in [3.63, 3.8) is 0 Å². The van der Waals surface area contributed by atoms with Gasteiger partial charge < -0.3 is 15.1 Å². The zero-order valence-electron chi connectivity index (χ0n) is 15.1. The maximum atomic E-state index is 11.9. The molecule has 7 heteroatoms. The van der Waals surface area contributed by atoms with Crippen LogP contribution >= 0.6 is 0 Å². The standard InChI is InChI=1S/C20H21N5O2/c1-14(15-5-4-6-17(11-15)25-10-9-22-20(25)26)23-12-16-13-27-19(24-16)18-7-2-3-8-21-18/h2-8,11,13-14,23H,9-10,12H2,1H3,(H,22,26). The Bertz CT molecular complexity index is 925. The third-order valence-corrected chi connectivity index (χ3v) is 4.56. The van der Waals surface area contributed by atoms with Gasteiger partial charge in [0.2, 0.25) is 5.89 Å². The monoisotopic (exact) mass is 363 g/mol. The molecule has 1 atom stereocenters. The number of pyridine rings is 1. The number of anilines is 1. The van der Waals surface area contributed by atoms with Gasteiger partial charge in [-0.25, -0.2) is 9.78 Å². The minimum atomic E-state index is -0.0441. The summed E-state index contributed by atoms with van der Waals surface area (Å²) in [6.07, 6.45) is 3.36. The summed E-state index contributed by atoms with van der Waals surface area (Å²) in [5, 5.41) is 6.27. The molecule has 2 aromatic heterocycles. The van der Waals surface area contributed by atoms with Gasteiger partial charge in [-0.3, -0.25) is 9.88 Å². The summed E-state index contributed by atoms with van der Waals surface area (Å²) in [7, 11) is 0. The van der Waals surface area contributed by atoms with Crippen LogP contribution in [0.3, 0.4) is 0 Å². The van der Waals surface area contributed by atoms with Gasteiger partial charge in [0.1, 0.15) is 12.0 Å². The summed E-state index contributed by atoms with van der Waals surface area (Å²) in [5.74, 6) is 0.516. The second kappa shape index (κ2) is 7.59. The number of hydrogen-bond donors (Lipinski definition) is 2. The van der Waals surface area contributed by atoms with E-state index in [1.807, 2.05) is 36.4 Å². The predicted molar refractivity (Wildman–Crippen MR) is 102 cm³/mol. The molecule has 138 valence electrons. The SMILES string of the molecule is CC(NCc1coc(-c2ccccn2)n1)c1cccc(N2CCNC2=O)c1. The van der Waals surface area contributed by atoms with E-state index in [1.54, 1.807) is 17.4 Å². The van der Waals surface area contributed by atoms with Crippen molar-refractivity contribution < 1.29 is 9.21 Å². The highest BCUT2D eigenvalue weighted by Gasteiger charge is 2.21. The highest BCUT2D eigenvalue weighted by atomic mass is 16.3. The molecule has 0 bridgehead atoms. The summed E-state index contributed by atoms with van der Waals surface area (Å²) in [4.78, 5) is 22.3. The van der Waals surface area contributed by atoms with E-state index in [1.165, 1.54) is 0 Å². The van der Waals surface area contributed by atoms with Crippen LogP contribution in [0.5, 0.6) is 0 Å². The lowest BCUT2D eigenvalue weighted by Gasteiger charge is -2.18. The summed E-state index contributed by atoms with van der Waals surface area (Å²) < 4.78 is 5.52. The molecule has 3 aromatic rings. The number of nitrogens with one attached hydrogen (secondary N) is 2. The molecule has 0 spiro atoms. The largest absolute Gasteiger partial charge is 0.443 e. The van der Waals surface area contributed by atoms with E-state index in [9.17, 15) is 4.79 Å². The Labute approximate surface area is 157 Å². The van der Waals surface area contributed by atoms with Gasteiger partial charge in [0.25, 0.3) is 0 Å². The fraction of sp³-hybridized carbons (Fsp3) is 0.250. The van der Waals surface area contributed by atoms with E-state index in [2.05, 4.69) is 33.6 Å². The molecule has 1 aliphatic rings. The van der Waals surface area contributed by atoms with Crippen molar-refractivity contribution in [2.75, 3.05) is 18.0 Å². The summed E-state index contributed by atoms with van der Waals surface area (Å²) in [6.45, 7) is 4.04. The summed E-state index contributed by atoms with van der Waals surface area (Å²) in [5.41, 5.74) is 3.56. The van der Waals surface area contributed by atoms with Gasteiger partial charge in [0.15, 0.2) is 0 Å². The quantitative estimate of drug-likeness (QED) is 0.703. The Morgan fingerprint density at radius 1 is 1.30 bits per heavy atom. The summed E-state index contributed by atoms with van der Waals surface area (Å²) in [6, 6.07) is 13.7. The Balaban J connectivity index is 1.40. The number of carbonyl (C=O) groups excluding carboxylic acids is 1. The molecule has 0 radical (unpaired) electrons.